The fourth-order valence-electron chi connectivity index (χ4n) is 5.01. The molecular formula is C36H41N3O4. The Hall–Kier alpha value is -4.49. The molecule has 0 aliphatic carbocycles. The van der Waals surface area contributed by atoms with Crippen molar-refractivity contribution in [2.45, 2.75) is 64.0 Å². The van der Waals surface area contributed by atoms with Crippen LogP contribution in [0.25, 0.3) is 10.8 Å². The number of hydrogen-bond donors (Lipinski definition) is 3. The number of hydroxylamine groups is 1. The average Bonchev–Trinajstić information content (AvgIpc) is 3.03. The van der Waals surface area contributed by atoms with E-state index >= 15 is 0 Å². The highest BCUT2D eigenvalue weighted by Gasteiger charge is 2.22. The molecule has 224 valence electrons. The van der Waals surface area contributed by atoms with E-state index in [2.05, 4.69) is 16.1 Å². The quantitative estimate of drug-likeness (QED) is 0.109. The summed E-state index contributed by atoms with van der Waals surface area (Å²) in [5.41, 5.74) is 5.65. The van der Waals surface area contributed by atoms with Crippen molar-refractivity contribution < 1.29 is 19.2 Å². The van der Waals surface area contributed by atoms with Crippen LogP contribution in [-0.2, 0) is 38.7 Å². The molecule has 0 heterocycles. The lowest BCUT2D eigenvalue weighted by Gasteiger charge is -2.20. The molecule has 1 atom stereocenters. The Labute approximate surface area is 254 Å². The standard InChI is InChI=1S/C36H41N3O4/c40-34(22-9-1-2-10-23-35(41)39-43-27-29-16-7-4-8-17-29)38-33(36(42)37-25-24-28-14-5-3-6-15-28)26-31-20-13-19-30-18-11-12-21-32(30)31/h3-8,11-21,33H,1-2,9-10,22-27H2,(H,37,42)(H,38,40)(H,39,41)/t33-/m0/s1. The molecule has 7 heteroatoms. The van der Waals surface area contributed by atoms with E-state index < -0.39 is 6.04 Å². The van der Waals surface area contributed by atoms with Crippen molar-refractivity contribution in [3.63, 3.8) is 0 Å². The first-order chi connectivity index (χ1) is 21.1. The molecule has 4 aromatic rings. The summed E-state index contributed by atoms with van der Waals surface area (Å²) >= 11 is 0. The predicted octanol–water partition coefficient (Wildman–Crippen LogP) is 5.81. The summed E-state index contributed by atoms with van der Waals surface area (Å²) in [7, 11) is 0. The zero-order valence-electron chi connectivity index (χ0n) is 24.6. The Balaban J connectivity index is 1.20. The molecule has 0 unspecified atom stereocenters. The average molecular weight is 580 g/mol. The van der Waals surface area contributed by atoms with Crippen LogP contribution in [0.4, 0.5) is 0 Å². The summed E-state index contributed by atoms with van der Waals surface area (Å²) in [5, 5.41) is 8.20. The molecule has 0 aromatic heterocycles. The molecule has 0 aliphatic heterocycles. The van der Waals surface area contributed by atoms with Gasteiger partial charge in [-0.15, -0.1) is 0 Å². The number of carbonyl (C=O) groups is 3. The van der Waals surface area contributed by atoms with Crippen LogP contribution in [0.3, 0.4) is 0 Å². The van der Waals surface area contributed by atoms with Gasteiger partial charge < -0.3 is 10.6 Å². The van der Waals surface area contributed by atoms with Gasteiger partial charge in [0.05, 0.1) is 6.61 Å². The van der Waals surface area contributed by atoms with Gasteiger partial charge in [0.25, 0.3) is 0 Å². The molecular weight excluding hydrogens is 538 g/mol. The lowest BCUT2D eigenvalue weighted by atomic mass is 9.98. The van der Waals surface area contributed by atoms with Crippen LogP contribution in [0, 0.1) is 0 Å². The third-order valence-electron chi connectivity index (χ3n) is 7.34. The zero-order valence-corrected chi connectivity index (χ0v) is 24.6. The van der Waals surface area contributed by atoms with Crippen LogP contribution >= 0.6 is 0 Å². The van der Waals surface area contributed by atoms with Crippen molar-refractivity contribution in [3.05, 3.63) is 120 Å². The van der Waals surface area contributed by atoms with Gasteiger partial charge in [-0.1, -0.05) is 116 Å². The summed E-state index contributed by atoms with van der Waals surface area (Å²) in [6, 6.07) is 33.1. The van der Waals surface area contributed by atoms with Crippen molar-refractivity contribution in [1.82, 2.24) is 16.1 Å². The minimum Gasteiger partial charge on any atom is -0.354 e. The molecule has 0 spiro atoms. The molecule has 43 heavy (non-hydrogen) atoms. The van der Waals surface area contributed by atoms with E-state index in [1.54, 1.807) is 0 Å². The maximum Gasteiger partial charge on any atom is 0.243 e. The number of fused-ring (bicyclic) bond motifs is 1. The highest BCUT2D eigenvalue weighted by Crippen LogP contribution is 2.20. The summed E-state index contributed by atoms with van der Waals surface area (Å²) < 4.78 is 0. The maximum atomic E-state index is 13.3. The second-order valence-electron chi connectivity index (χ2n) is 10.7. The number of amides is 3. The molecule has 0 bridgehead atoms. The second-order valence-corrected chi connectivity index (χ2v) is 10.7. The van der Waals surface area contributed by atoms with Crippen LogP contribution in [0.15, 0.2) is 103 Å². The first-order valence-corrected chi connectivity index (χ1v) is 15.1. The Morgan fingerprint density at radius 3 is 2.02 bits per heavy atom. The lowest BCUT2D eigenvalue weighted by molar-refractivity contribution is -0.134. The van der Waals surface area contributed by atoms with Gasteiger partial charge in [-0.3, -0.25) is 19.2 Å². The zero-order chi connectivity index (χ0) is 30.1. The summed E-state index contributed by atoms with van der Waals surface area (Å²) in [4.78, 5) is 43.5. The van der Waals surface area contributed by atoms with Crippen molar-refractivity contribution in [3.8, 4) is 0 Å². The Morgan fingerprint density at radius 1 is 0.651 bits per heavy atom. The van der Waals surface area contributed by atoms with E-state index in [1.165, 1.54) is 0 Å². The Bertz CT molecular complexity index is 1440. The van der Waals surface area contributed by atoms with Crippen molar-refractivity contribution in [1.29, 1.82) is 0 Å². The molecule has 0 saturated carbocycles. The number of hydrogen-bond acceptors (Lipinski definition) is 4. The summed E-state index contributed by atoms with van der Waals surface area (Å²) in [6.45, 7) is 0.823. The molecule has 0 radical (unpaired) electrons. The minimum atomic E-state index is -0.673. The minimum absolute atomic E-state index is 0.143. The topological polar surface area (TPSA) is 96.5 Å². The van der Waals surface area contributed by atoms with Crippen LogP contribution in [0.1, 0.15) is 55.2 Å². The number of rotatable bonds is 17. The fraction of sp³-hybridized carbons (Fsp3) is 0.306. The molecule has 3 N–H and O–H groups in total. The molecule has 0 aliphatic rings. The fourth-order valence-corrected chi connectivity index (χ4v) is 5.01. The molecule has 4 aromatic carbocycles. The SMILES string of the molecule is O=C(CCCCCCC(=O)N[C@@H](Cc1cccc2ccccc12)C(=O)NCCc1ccccc1)NOCc1ccccc1. The number of carbonyl (C=O) groups excluding carboxylic acids is 3. The first-order valence-electron chi connectivity index (χ1n) is 15.1. The van der Waals surface area contributed by atoms with Gasteiger partial charge in [-0.2, -0.15) is 0 Å². The van der Waals surface area contributed by atoms with Crippen molar-refractivity contribution >= 4 is 28.5 Å². The van der Waals surface area contributed by atoms with E-state index in [9.17, 15) is 14.4 Å². The van der Waals surface area contributed by atoms with Crippen LogP contribution in [-0.4, -0.2) is 30.3 Å². The molecule has 0 fully saturated rings. The summed E-state index contributed by atoms with van der Waals surface area (Å²) in [5.74, 6) is -0.476. The lowest BCUT2D eigenvalue weighted by Crippen LogP contribution is -2.48. The van der Waals surface area contributed by atoms with Crippen molar-refractivity contribution in [2.24, 2.45) is 0 Å². The van der Waals surface area contributed by atoms with E-state index in [-0.39, 0.29) is 17.7 Å². The number of nitrogens with one attached hydrogen (secondary N) is 3. The highest BCUT2D eigenvalue weighted by atomic mass is 16.6. The predicted molar refractivity (Wildman–Crippen MR) is 170 cm³/mol. The molecule has 7 nitrogen and oxygen atoms in total. The van der Waals surface area contributed by atoms with Gasteiger partial charge in [0, 0.05) is 25.8 Å². The number of benzene rings is 4. The third-order valence-corrected chi connectivity index (χ3v) is 7.34. The van der Waals surface area contributed by atoms with Gasteiger partial charge >= 0.3 is 0 Å². The third kappa shape index (κ3) is 11.0. The van der Waals surface area contributed by atoms with Crippen molar-refractivity contribution in [2.75, 3.05) is 6.54 Å². The van der Waals surface area contributed by atoms with E-state index in [0.29, 0.717) is 38.8 Å². The van der Waals surface area contributed by atoms with Gasteiger partial charge in [0.1, 0.15) is 6.04 Å². The van der Waals surface area contributed by atoms with Gasteiger partial charge in [0.15, 0.2) is 0 Å². The van der Waals surface area contributed by atoms with Gasteiger partial charge in [0.2, 0.25) is 17.7 Å². The smallest absolute Gasteiger partial charge is 0.243 e. The Kier molecular flexibility index (Phi) is 12.8. The molecule has 4 rings (SSSR count). The Morgan fingerprint density at radius 2 is 1.28 bits per heavy atom. The first kappa shape index (κ1) is 31.4. The monoisotopic (exact) mass is 579 g/mol. The van der Waals surface area contributed by atoms with E-state index in [0.717, 1.165) is 53.1 Å². The summed E-state index contributed by atoms with van der Waals surface area (Å²) in [6.07, 6.45) is 4.89. The second kappa shape index (κ2) is 17.5. The van der Waals surface area contributed by atoms with E-state index in [4.69, 9.17) is 4.84 Å². The van der Waals surface area contributed by atoms with Crippen LogP contribution in [0.2, 0.25) is 0 Å². The molecule has 3 amide bonds. The van der Waals surface area contributed by atoms with Crippen LogP contribution in [0.5, 0.6) is 0 Å². The number of unbranched alkanes of at least 4 members (excludes halogenated alkanes) is 3. The van der Waals surface area contributed by atoms with Gasteiger partial charge in [-0.25, -0.2) is 5.48 Å². The van der Waals surface area contributed by atoms with Crippen LogP contribution < -0.4 is 16.1 Å². The molecule has 0 saturated heterocycles. The highest BCUT2D eigenvalue weighted by molar-refractivity contribution is 5.90. The normalized spacial score (nSPS) is 11.5. The van der Waals surface area contributed by atoms with Gasteiger partial charge in [-0.05, 0) is 46.7 Å². The van der Waals surface area contributed by atoms with E-state index in [1.807, 2.05) is 103 Å². The maximum absolute atomic E-state index is 13.3. The largest absolute Gasteiger partial charge is 0.354 e.